The molecule has 0 radical (unpaired) electrons. The van der Waals surface area contributed by atoms with E-state index in [0.717, 1.165) is 26.6 Å². The number of aromatic amines is 1. The van der Waals surface area contributed by atoms with Crippen LogP contribution in [0.4, 0.5) is 4.39 Å². The zero-order chi connectivity index (χ0) is 22.8. The normalized spacial score (nSPS) is 11.6. The second-order valence-corrected chi connectivity index (χ2v) is 8.20. The van der Waals surface area contributed by atoms with Gasteiger partial charge in [0.2, 0.25) is 0 Å². The van der Waals surface area contributed by atoms with Crippen LogP contribution in [0.1, 0.15) is 11.1 Å². The molecule has 0 aliphatic heterocycles. The minimum Gasteiger partial charge on any atom is -0.496 e. The van der Waals surface area contributed by atoms with Gasteiger partial charge in [0.25, 0.3) is 5.56 Å². The van der Waals surface area contributed by atoms with E-state index in [-0.39, 0.29) is 16.9 Å². The lowest BCUT2D eigenvalue weighted by Gasteiger charge is -2.09. The highest BCUT2D eigenvalue weighted by molar-refractivity contribution is 7.98. The highest BCUT2D eigenvalue weighted by Gasteiger charge is 2.11. The molecule has 0 aliphatic rings. The van der Waals surface area contributed by atoms with Crippen molar-refractivity contribution in [3.63, 3.8) is 0 Å². The average Bonchev–Trinajstić information content (AvgIpc) is 3.21. The minimum absolute atomic E-state index is 0.275. The Morgan fingerprint density at radius 3 is 2.91 bits per heavy atom. The van der Waals surface area contributed by atoms with Crippen molar-refractivity contribution in [2.75, 3.05) is 7.11 Å². The number of benzene rings is 2. The number of nitrogens with zero attached hydrogens (tertiary/aromatic N) is 4. The fourth-order valence-corrected chi connectivity index (χ4v) is 4.34. The van der Waals surface area contributed by atoms with Crippen molar-refractivity contribution < 1.29 is 9.13 Å². The first-order valence-electron chi connectivity index (χ1n) is 10.1. The maximum Gasteiger partial charge on any atom is 0.298 e. The van der Waals surface area contributed by atoms with Gasteiger partial charge in [-0.15, -0.1) is 11.8 Å². The summed E-state index contributed by atoms with van der Waals surface area (Å²) in [7, 11) is 1.63. The lowest BCUT2D eigenvalue weighted by Crippen LogP contribution is -2.17. The zero-order valence-electron chi connectivity index (χ0n) is 17.5. The van der Waals surface area contributed by atoms with E-state index in [1.54, 1.807) is 37.3 Å². The molecular formula is C24H18FN5O2S. The molecular weight excluding hydrogens is 441 g/mol. The van der Waals surface area contributed by atoms with Crippen molar-refractivity contribution >= 4 is 39.9 Å². The van der Waals surface area contributed by atoms with Crippen LogP contribution >= 0.6 is 11.8 Å². The quantitative estimate of drug-likeness (QED) is 0.296. The molecule has 1 N–H and O–H groups in total. The van der Waals surface area contributed by atoms with E-state index < -0.39 is 0 Å². The highest BCUT2D eigenvalue weighted by Crippen LogP contribution is 2.27. The molecule has 0 amide bonds. The number of nitrogens with one attached hydrogen (secondary N) is 1. The SMILES string of the molecule is COc1ccc(C=Nn2cnc3c([nH]c4ccc(F)cc43)c2=O)cc1CSc1ccccn1. The number of H-pyrrole nitrogens is 1. The Labute approximate surface area is 192 Å². The Morgan fingerprint density at radius 2 is 2.09 bits per heavy atom. The number of methoxy groups -OCH3 is 1. The summed E-state index contributed by atoms with van der Waals surface area (Å²) in [6.07, 6.45) is 4.68. The van der Waals surface area contributed by atoms with Gasteiger partial charge in [0.1, 0.15) is 28.9 Å². The van der Waals surface area contributed by atoms with E-state index in [1.165, 1.54) is 18.5 Å². The van der Waals surface area contributed by atoms with Crippen LogP contribution in [0.25, 0.3) is 21.9 Å². The second kappa shape index (κ2) is 8.87. The van der Waals surface area contributed by atoms with E-state index in [9.17, 15) is 9.18 Å². The molecule has 0 atom stereocenters. The topological polar surface area (TPSA) is 85.2 Å². The monoisotopic (exact) mass is 459 g/mol. The van der Waals surface area contributed by atoms with E-state index in [1.807, 2.05) is 36.4 Å². The summed E-state index contributed by atoms with van der Waals surface area (Å²) in [5, 5.41) is 5.77. The van der Waals surface area contributed by atoms with Gasteiger partial charge in [0, 0.05) is 28.4 Å². The summed E-state index contributed by atoms with van der Waals surface area (Å²) >= 11 is 1.60. The minimum atomic E-state index is -0.385. The van der Waals surface area contributed by atoms with Gasteiger partial charge in [0.05, 0.1) is 18.4 Å². The number of aromatic nitrogens is 4. The summed E-state index contributed by atoms with van der Waals surface area (Å²) < 4.78 is 20.2. The number of fused-ring (bicyclic) bond motifs is 3. The number of rotatable bonds is 6. The Kier molecular flexibility index (Phi) is 5.62. The van der Waals surface area contributed by atoms with Crippen molar-refractivity contribution in [2.24, 2.45) is 5.10 Å². The number of thioether (sulfide) groups is 1. The number of pyridine rings is 1. The first-order valence-corrected chi connectivity index (χ1v) is 11.0. The molecule has 0 saturated carbocycles. The first-order chi connectivity index (χ1) is 16.1. The molecule has 5 rings (SSSR count). The van der Waals surface area contributed by atoms with E-state index in [2.05, 4.69) is 20.1 Å². The van der Waals surface area contributed by atoms with Crippen molar-refractivity contribution in [1.82, 2.24) is 19.6 Å². The smallest absolute Gasteiger partial charge is 0.298 e. The predicted octanol–water partition coefficient (Wildman–Crippen LogP) is 4.60. The zero-order valence-corrected chi connectivity index (χ0v) is 18.3. The Hall–Kier alpha value is -3.98. The summed E-state index contributed by atoms with van der Waals surface area (Å²) in [5.74, 6) is 1.05. The van der Waals surface area contributed by atoms with Crippen LogP contribution in [0.2, 0.25) is 0 Å². The molecule has 164 valence electrons. The fourth-order valence-electron chi connectivity index (χ4n) is 3.51. The summed E-state index contributed by atoms with van der Waals surface area (Å²) in [6, 6.07) is 15.7. The van der Waals surface area contributed by atoms with Crippen LogP contribution in [0, 0.1) is 5.82 Å². The third-order valence-electron chi connectivity index (χ3n) is 5.10. The maximum absolute atomic E-state index is 13.6. The third-order valence-corrected chi connectivity index (χ3v) is 6.09. The molecule has 0 spiro atoms. The number of halogens is 1. The van der Waals surface area contributed by atoms with Crippen molar-refractivity contribution in [2.45, 2.75) is 10.8 Å². The summed E-state index contributed by atoms with van der Waals surface area (Å²) in [4.78, 5) is 24.5. The fraction of sp³-hybridized carbons (Fsp3) is 0.0833. The number of ether oxygens (including phenoxy) is 1. The summed E-state index contributed by atoms with van der Waals surface area (Å²) in [6.45, 7) is 0. The molecule has 0 unspecified atom stereocenters. The first kappa shape index (κ1) is 20.9. The lowest BCUT2D eigenvalue weighted by atomic mass is 10.1. The molecule has 0 saturated heterocycles. The molecule has 2 aromatic carbocycles. The maximum atomic E-state index is 13.6. The predicted molar refractivity (Wildman–Crippen MR) is 128 cm³/mol. The molecule has 5 aromatic rings. The molecule has 3 heterocycles. The van der Waals surface area contributed by atoms with Crippen molar-refractivity contribution in [1.29, 1.82) is 0 Å². The highest BCUT2D eigenvalue weighted by atomic mass is 32.2. The van der Waals surface area contributed by atoms with Gasteiger partial charge in [-0.25, -0.2) is 14.4 Å². The van der Waals surface area contributed by atoms with Crippen LogP contribution in [0.5, 0.6) is 5.75 Å². The molecule has 3 aromatic heterocycles. The number of hydrogen-bond acceptors (Lipinski definition) is 6. The molecule has 0 fully saturated rings. The van der Waals surface area contributed by atoms with Gasteiger partial charge >= 0.3 is 0 Å². The van der Waals surface area contributed by atoms with Crippen molar-refractivity contribution in [3.8, 4) is 5.75 Å². The van der Waals surface area contributed by atoms with Gasteiger partial charge in [-0.1, -0.05) is 6.07 Å². The largest absolute Gasteiger partial charge is 0.496 e. The molecule has 0 bridgehead atoms. The molecule has 9 heteroatoms. The Balaban J connectivity index is 1.44. The Bertz CT molecular complexity index is 1550. The van der Waals surface area contributed by atoms with Crippen LogP contribution in [-0.4, -0.2) is 33.0 Å². The standard InChI is InChI=1S/C24H18FN5O2S/c1-32-20-8-5-15(10-16(20)13-33-21-4-2-3-9-26-21)12-28-30-14-27-22-18-11-17(25)6-7-19(18)29-23(22)24(30)31/h2-12,14,29H,13H2,1H3. The molecule has 0 aliphatic carbocycles. The van der Waals surface area contributed by atoms with E-state index in [4.69, 9.17) is 4.74 Å². The lowest BCUT2D eigenvalue weighted by molar-refractivity contribution is 0.411. The van der Waals surface area contributed by atoms with Crippen LogP contribution in [0.3, 0.4) is 0 Å². The van der Waals surface area contributed by atoms with E-state index in [0.29, 0.717) is 22.2 Å². The van der Waals surface area contributed by atoms with Crippen LogP contribution in [0.15, 0.2) is 82.0 Å². The van der Waals surface area contributed by atoms with E-state index >= 15 is 0 Å². The summed E-state index contributed by atoms with van der Waals surface area (Å²) in [5.41, 5.74) is 2.75. The van der Waals surface area contributed by atoms with Gasteiger partial charge in [-0.3, -0.25) is 4.79 Å². The second-order valence-electron chi connectivity index (χ2n) is 7.21. The van der Waals surface area contributed by atoms with Crippen LogP contribution in [-0.2, 0) is 5.75 Å². The van der Waals surface area contributed by atoms with Gasteiger partial charge < -0.3 is 9.72 Å². The van der Waals surface area contributed by atoms with Gasteiger partial charge in [-0.2, -0.15) is 9.78 Å². The molecule has 7 nitrogen and oxygen atoms in total. The number of hydrogen-bond donors (Lipinski definition) is 1. The van der Waals surface area contributed by atoms with Gasteiger partial charge in [-0.05, 0) is 54.1 Å². The van der Waals surface area contributed by atoms with Crippen molar-refractivity contribution in [3.05, 3.63) is 94.4 Å². The Morgan fingerprint density at radius 1 is 1.18 bits per heavy atom. The average molecular weight is 460 g/mol. The molecule has 33 heavy (non-hydrogen) atoms. The van der Waals surface area contributed by atoms with Crippen LogP contribution < -0.4 is 10.3 Å². The third kappa shape index (κ3) is 4.22. The van der Waals surface area contributed by atoms with Gasteiger partial charge in [0.15, 0.2) is 0 Å².